The van der Waals surface area contributed by atoms with Crippen LogP contribution in [0.4, 0.5) is 10.6 Å². The summed E-state index contributed by atoms with van der Waals surface area (Å²) in [6.07, 6.45) is 1.03. The van der Waals surface area contributed by atoms with E-state index in [1.165, 1.54) is 6.33 Å². The zero-order valence-corrected chi connectivity index (χ0v) is 7.05. The first-order valence-corrected chi connectivity index (χ1v) is 3.67. The average Bonchev–Trinajstić information content (AvgIpc) is 2.37. The summed E-state index contributed by atoms with van der Waals surface area (Å²) in [5, 5.41) is 2.49. The van der Waals surface area contributed by atoms with Gasteiger partial charge in [0.1, 0.15) is 0 Å². The minimum Gasteiger partial charge on any atom is -0.450 e. The molecule has 1 rings (SSSR count). The number of H-pyrrole nitrogens is 1. The number of nitrogens with one attached hydrogen (secondary N) is 2. The lowest BCUT2D eigenvalue weighted by Crippen LogP contribution is -2.14. The fourth-order valence-corrected chi connectivity index (χ4v) is 0.749. The molecule has 0 aliphatic rings. The lowest BCUT2D eigenvalue weighted by molar-refractivity contribution is 0.168. The molecule has 0 saturated heterocycles. The Hall–Kier alpha value is -1.52. The molecule has 0 fully saturated rings. The lowest BCUT2D eigenvalue weighted by Gasteiger charge is -2.01. The number of carbonyl (C=O) groups is 1. The molecule has 1 heterocycles. The Balaban J connectivity index is 2.52. The van der Waals surface area contributed by atoms with Crippen molar-refractivity contribution in [2.24, 2.45) is 0 Å². The van der Waals surface area contributed by atoms with Crippen molar-refractivity contribution >= 4 is 11.9 Å². The van der Waals surface area contributed by atoms with Gasteiger partial charge in [-0.2, -0.15) is 0 Å². The molecule has 0 aliphatic heterocycles. The van der Waals surface area contributed by atoms with Crippen LogP contribution in [-0.2, 0) is 4.74 Å². The van der Waals surface area contributed by atoms with E-state index in [4.69, 9.17) is 0 Å². The van der Waals surface area contributed by atoms with Crippen LogP contribution in [0, 0.1) is 6.92 Å². The number of aromatic nitrogens is 2. The number of hydrogen-bond acceptors (Lipinski definition) is 3. The molecule has 5 heteroatoms. The van der Waals surface area contributed by atoms with Crippen LogP contribution in [-0.4, -0.2) is 22.7 Å². The Morgan fingerprint density at radius 1 is 1.83 bits per heavy atom. The molecule has 5 nitrogen and oxygen atoms in total. The number of aryl methyl sites for hydroxylation is 1. The number of nitrogens with zero attached hydrogens (tertiary/aromatic N) is 1. The van der Waals surface area contributed by atoms with E-state index in [0.717, 1.165) is 5.69 Å². The van der Waals surface area contributed by atoms with Crippen LogP contribution >= 0.6 is 0 Å². The van der Waals surface area contributed by atoms with Gasteiger partial charge in [-0.25, -0.2) is 9.78 Å². The van der Waals surface area contributed by atoms with Crippen LogP contribution in [0.5, 0.6) is 0 Å². The van der Waals surface area contributed by atoms with E-state index in [0.29, 0.717) is 12.4 Å². The lowest BCUT2D eigenvalue weighted by atomic mass is 10.5. The topological polar surface area (TPSA) is 67.0 Å². The number of carbonyl (C=O) groups excluding carboxylic acids is 1. The summed E-state index contributed by atoms with van der Waals surface area (Å²) in [6, 6.07) is 0. The van der Waals surface area contributed by atoms with Crippen molar-refractivity contribution in [1.82, 2.24) is 9.97 Å². The second-order valence-electron chi connectivity index (χ2n) is 2.22. The highest BCUT2D eigenvalue weighted by atomic mass is 16.5. The van der Waals surface area contributed by atoms with Crippen LogP contribution in [0.25, 0.3) is 0 Å². The van der Waals surface area contributed by atoms with Gasteiger partial charge in [-0.05, 0) is 13.8 Å². The minimum absolute atomic E-state index is 0.356. The number of aromatic amines is 1. The van der Waals surface area contributed by atoms with Gasteiger partial charge in [0.15, 0.2) is 5.82 Å². The monoisotopic (exact) mass is 169 g/mol. The van der Waals surface area contributed by atoms with Crippen LogP contribution in [0.1, 0.15) is 12.6 Å². The highest BCUT2D eigenvalue weighted by Crippen LogP contribution is 2.06. The molecular weight excluding hydrogens is 158 g/mol. The fourth-order valence-electron chi connectivity index (χ4n) is 0.749. The van der Waals surface area contributed by atoms with Gasteiger partial charge in [0, 0.05) is 0 Å². The molecule has 66 valence electrons. The van der Waals surface area contributed by atoms with Gasteiger partial charge < -0.3 is 9.72 Å². The van der Waals surface area contributed by atoms with Gasteiger partial charge in [0.25, 0.3) is 0 Å². The molecule has 0 saturated carbocycles. The number of imidazole rings is 1. The van der Waals surface area contributed by atoms with Gasteiger partial charge in [0.2, 0.25) is 0 Å². The molecule has 2 N–H and O–H groups in total. The third-order valence-corrected chi connectivity index (χ3v) is 1.33. The number of ether oxygens (including phenoxy) is 1. The third kappa shape index (κ3) is 1.98. The Morgan fingerprint density at radius 3 is 3.08 bits per heavy atom. The summed E-state index contributed by atoms with van der Waals surface area (Å²) in [6.45, 7) is 3.92. The van der Waals surface area contributed by atoms with E-state index in [1.807, 2.05) is 6.92 Å². The van der Waals surface area contributed by atoms with Crippen molar-refractivity contribution in [2.45, 2.75) is 13.8 Å². The van der Waals surface area contributed by atoms with E-state index >= 15 is 0 Å². The standard InChI is InChI=1S/C7H11N3O2/c1-3-12-7(11)10-6-5(2)8-4-9-6/h4H,3H2,1-2H3,(H,8,9)(H,10,11). The van der Waals surface area contributed by atoms with Crippen LogP contribution in [0.15, 0.2) is 6.33 Å². The second-order valence-corrected chi connectivity index (χ2v) is 2.22. The number of amides is 1. The molecule has 1 amide bonds. The molecule has 0 aromatic carbocycles. The van der Waals surface area contributed by atoms with Gasteiger partial charge >= 0.3 is 6.09 Å². The predicted molar refractivity (Wildman–Crippen MR) is 44.0 cm³/mol. The van der Waals surface area contributed by atoms with Crippen LogP contribution in [0.3, 0.4) is 0 Å². The maximum absolute atomic E-state index is 10.9. The zero-order valence-electron chi connectivity index (χ0n) is 7.05. The van der Waals surface area contributed by atoms with Crippen molar-refractivity contribution in [3.63, 3.8) is 0 Å². The van der Waals surface area contributed by atoms with E-state index in [1.54, 1.807) is 6.92 Å². The first-order chi connectivity index (χ1) is 5.74. The smallest absolute Gasteiger partial charge is 0.412 e. The molecule has 0 bridgehead atoms. The van der Waals surface area contributed by atoms with Gasteiger partial charge in [-0.1, -0.05) is 0 Å². The largest absolute Gasteiger partial charge is 0.450 e. The number of anilines is 1. The highest BCUT2D eigenvalue weighted by Gasteiger charge is 2.05. The fraction of sp³-hybridized carbons (Fsp3) is 0.429. The van der Waals surface area contributed by atoms with Gasteiger partial charge in [-0.3, -0.25) is 5.32 Å². The molecule has 0 unspecified atom stereocenters. The average molecular weight is 169 g/mol. The van der Waals surface area contributed by atoms with Crippen molar-refractivity contribution in [3.05, 3.63) is 12.0 Å². The van der Waals surface area contributed by atoms with Crippen molar-refractivity contribution in [2.75, 3.05) is 11.9 Å². The summed E-state index contributed by atoms with van der Waals surface area (Å²) in [5.41, 5.74) is 0.808. The second kappa shape index (κ2) is 3.75. The Bertz CT molecular complexity index is 269. The quantitative estimate of drug-likeness (QED) is 0.700. The summed E-state index contributed by atoms with van der Waals surface area (Å²) < 4.78 is 4.67. The molecule has 0 atom stereocenters. The number of hydrogen-bond donors (Lipinski definition) is 2. The highest BCUT2D eigenvalue weighted by molar-refractivity contribution is 5.83. The van der Waals surface area contributed by atoms with Crippen LogP contribution in [0.2, 0.25) is 0 Å². The van der Waals surface area contributed by atoms with E-state index < -0.39 is 6.09 Å². The van der Waals surface area contributed by atoms with E-state index in [9.17, 15) is 4.79 Å². The molecule has 0 radical (unpaired) electrons. The molecular formula is C7H11N3O2. The molecule has 12 heavy (non-hydrogen) atoms. The normalized spacial score (nSPS) is 9.50. The SMILES string of the molecule is CCOC(=O)Nc1nc[nH]c1C. The summed E-state index contributed by atoms with van der Waals surface area (Å²) in [5.74, 6) is 0.508. The number of rotatable bonds is 2. The van der Waals surface area contributed by atoms with Gasteiger partial charge in [0.05, 0.1) is 18.6 Å². The first-order valence-electron chi connectivity index (χ1n) is 3.67. The van der Waals surface area contributed by atoms with Crippen molar-refractivity contribution in [3.8, 4) is 0 Å². The Kier molecular flexibility index (Phi) is 2.68. The van der Waals surface area contributed by atoms with Gasteiger partial charge in [-0.15, -0.1) is 0 Å². The van der Waals surface area contributed by atoms with E-state index in [-0.39, 0.29) is 0 Å². The molecule has 0 aliphatic carbocycles. The maximum atomic E-state index is 10.9. The minimum atomic E-state index is -0.479. The van der Waals surface area contributed by atoms with Crippen molar-refractivity contribution < 1.29 is 9.53 Å². The van der Waals surface area contributed by atoms with Crippen LogP contribution < -0.4 is 5.32 Å². The Labute approximate surface area is 70.1 Å². The van der Waals surface area contributed by atoms with E-state index in [2.05, 4.69) is 20.0 Å². The summed E-state index contributed by atoms with van der Waals surface area (Å²) in [4.78, 5) is 17.6. The first kappa shape index (κ1) is 8.58. The zero-order chi connectivity index (χ0) is 8.97. The summed E-state index contributed by atoms with van der Waals surface area (Å²) in [7, 11) is 0. The third-order valence-electron chi connectivity index (χ3n) is 1.33. The molecule has 0 spiro atoms. The Morgan fingerprint density at radius 2 is 2.58 bits per heavy atom. The van der Waals surface area contributed by atoms with Crippen molar-refractivity contribution in [1.29, 1.82) is 0 Å². The molecule has 1 aromatic rings. The molecule has 1 aromatic heterocycles. The predicted octanol–water partition coefficient (Wildman–Crippen LogP) is 1.29. The maximum Gasteiger partial charge on any atom is 0.412 e. The summed E-state index contributed by atoms with van der Waals surface area (Å²) >= 11 is 0.